The Hall–Kier alpha value is 0.319. The van der Waals surface area contributed by atoms with Crippen LogP contribution in [0.2, 0.25) is 0 Å². The van der Waals surface area contributed by atoms with E-state index in [0.29, 0.717) is 26.1 Å². The quantitative estimate of drug-likeness (QED) is 0.357. The summed E-state index contributed by atoms with van der Waals surface area (Å²) in [7, 11) is 0. The Bertz CT molecular complexity index is 150. The molecule has 0 N–H and O–H groups in total. The van der Waals surface area contributed by atoms with Crippen LogP contribution in [0.1, 0.15) is 40.5 Å². The van der Waals surface area contributed by atoms with Crippen LogP contribution in [0, 0.1) is 0 Å². The fraction of sp³-hybridized carbons (Fsp3) is 0.800. The summed E-state index contributed by atoms with van der Waals surface area (Å²) in [6.45, 7) is 8.14. The van der Waals surface area contributed by atoms with Gasteiger partial charge >= 0.3 is 35.8 Å². The van der Waals surface area contributed by atoms with Crippen molar-refractivity contribution in [3.8, 4) is 0 Å². The Labute approximate surface area is 133 Å². The van der Waals surface area contributed by atoms with Crippen LogP contribution in [0.5, 0.6) is 0 Å². The van der Waals surface area contributed by atoms with E-state index in [2.05, 4.69) is 9.47 Å². The van der Waals surface area contributed by atoms with Crippen molar-refractivity contribution in [1.29, 1.82) is 0 Å². The normalized spacial score (nSPS) is 6.82. The van der Waals surface area contributed by atoms with E-state index in [4.69, 9.17) is 0 Å². The average molecular weight is 394 g/mol. The fourth-order valence-electron chi connectivity index (χ4n) is 0.526. The van der Waals surface area contributed by atoms with Crippen LogP contribution in [0.25, 0.3) is 0 Å². The van der Waals surface area contributed by atoms with E-state index in [1.165, 1.54) is 0 Å². The van der Waals surface area contributed by atoms with Crippen molar-refractivity contribution in [3.05, 3.63) is 0 Å². The molecule has 102 valence electrons. The first-order valence-electron chi connectivity index (χ1n) is 4.93. The molecule has 0 aliphatic carbocycles. The molecule has 4 nitrogen and oxygen atoms in total. The predicted molar refractivity (Wildman–Crippen MR) is 59.6 cm³/mol. The zero-order valence-electron chi connectivity index (χ0n) is 10.7. The van der Waals surface area contributed by atoms with Crippen LogP contribution in [0.3, 0.4) is 0 Å². The third kappa shape index (κ3) is 31.4. The van der Waals surface area contributed by atoms with E-state index in [1.54, 1.807) is 27.7 Å². The Balaban J connectivity index is -0.0000000480. The second-order valence-electron chi connectivity index (χ2n) is 2.32. The van der Waals surface area contributed by atoms with Gasteiger partial charge in [-0.2, -0.15) is 0 Å². The molecule has 7 heteroatoms. The van der Waals surface area contributed by atoms with Crippen molar-refractivity contribution in [1.82, 2.24) is 0 Å². The number of carbonyl (C=O) groups excluding carboxylic acids is 2. The van der Waals surface area contributed by atoms with E-state index >= 15 is 0 Å². The van der Waals surface area contributed by atoms with Crippen molar-refractivity contribution in [2.45, 2.75) is 40.5 Å². The predicted octanol–water partition coefficient (Wildman–Crippen LogP) is -4.45. The molecular weight excluding hydrogens is 374 g/mol. The first kappa shape index (κ1) is 30.4. The Morgan fingerprint density at radius 2 is 1.00 bits per heavy atom. The second kappa shape index (κ2) is 25.2. The Morgan fingerprint density at radius 3 is 1.06 bits per heavy atom. The molecule has 0 aromatic carbocycles. The minimum Gasteiger partial charge on any atom is -1.00 e. The maximum Gasteiger partial charge on any atom is 2.00 e. The molecule has 0 saturated heterocycles. The molecule has 0 heterocycles. The minimum atomic E-state index is -0.123. The van der Waals surface area contributed by atoms with Crippen LogP contribution in [0.4, 0.5) is 0 Å². The third-order valence-electron chi connectivity index (χ3n) is 1.19. The minimum absolute atomic E-state index is 0. The van der Waals surface area contributed by atoms with Gasteiger partial charge in [-0.1, -0.05) is 13.8 Å². The van der Waals surface area contributed by atoms with Crippen molar-refractivity contribution in [2.24, 2.45) is 0 Å². The summed E-state index contributed by atoms with van der Waals surface area (Å²) in [5, 5.41) is 0. The van der Waals surface area contributed by atoms with Crippen LogP contribution < -0.4 is 24.8 Å². The van der Waals surface area contributed by atoms with Gasteiger partial charge in [-0.25, -0.2) is 0 Å². The first-order chi connectivity index (χ1) is 6.62. The third-order valence-corrected chi connectivity index (χ3v) is 1.19. The zero-order chi connectivity index (χ0) is 11.4. The standard InChI is InChI=1S/2C5H10O2.2ClH.Sn/c2*1-3-5(6)7-4-2;;;/h2*3-4H2,1-2H3;2*1H;/q;;;;+2/p-2. The van der Waals surface area contributed by atoms with Crippen LogP contribution in [-0.2, 0) is 19.1 Å². The van der Waals surface area contributed by atoms with Gasteiger partial charge in [0.1, 0.15) is 0 Å². The summed E-state index contributed by atoms with van der Waals surface area (Å²) < 4.78 is 9.10. The van der Waals surface area contributed by atoms with Crippen molar-refractivity contribution >= 4 is 35.8 Å². The summed E-state index contributed by atoms with van der Waals surface area (Å²) in [5.74, 6) is -0.245. The van der Waals surface area contributed by atoms with Gasteiger partial charge in [-0.05, 0) is 13.8 Å². The molecule has 0 rings (SSSR count). The number of hydrogen-bond donors (Lipinski definition) is 0. The molecule has 0 spiro atoms. The van der Waals surface area contributed by atoms with Crippen LogP contribution in [-0.4, -0.2) is 49.1 Å². The topological polar surface area (TPSA) is 52.6 Å². The van der Waals surface area contributed by atoms with Gasteiger partial charge < -0.3 is 34.3 Å². The van der Waals surface area contributed by atoms with Gasteiger partial charge in [0.05, 0.1) is 13.2 Å². The number of rotatable bonds is 4. The van der Waals surface area contributed by atoms with E-state index in [1.807, 2.05) is 0 Å². The molecule has 0 aromatic heterocycles. The maximum absolute atomic E-state index is 10.2. The summed E-state index contributed by atoms with van der Waals surface area (Å²) in [6.07, 6.45) is 0.960. The zero-order valence-corrected chi connectivity index (χ0v) is 15.1. The molecule has 0 atom stereocenters. The largest absolute Gasteiger partial charge is 2.00 e. The summed E-state index contributed by atoms with van der Waals surface area (Å²) in [4.78, 5) is 20.4. The molecular formula is C10H20Cl2O4Sn. The number of hydrogen-bond acceptors (Lipinski definition) is 4. The fourth-order valence-corrected chi connectivity index (χ4v) is 0.526. The molecule has 0 amide bonds. The molecule has 17 heavy (non-hydrogen) atoms. The summed E-state index contributed by atoms with van der Waals surface area (Å²) in [6, 6.07) is 0. The van der Waals surface area contributed by atoms with Gasteiger partial charge in [0, 0.05) is 12.8 Å². The van der Waals surface area contributed by atoms with E-state index in [0.717, 1.165) is 0 Å². The monoisotopic (exact) mass is 394 g/mol. The first-order valence-corrected chi connectivity index (χ1v) is 4.93. The maximum atomic E-state index is 10.2. The smallest absolute Gasteiger partial charge is 1.00 e. The molecule has 0 saturated carbocycles. The molecule has 0 unspecified atom stereocenters. The summed E-state index contributed by atoms with van der Waals surface area (Å²) in [5.41, 5.74) is 0. The van der Waals surface area contributed by atoms with Gasteiger partial charge in [-0.3, -0.25) is 9.59 Å². The van der Waals surface area contributed by atoms with E-state index in [9.17, 15) is 9.59 Å². The van der Waals surface area contributed by atoms with Gasteiger partial charge in [0.2, 0.25) is 0 Å². The van der Waals surface area contributed by atoms with Gasteiger partial charge in [0.15, 0.2) is 0 Å². The molecule has 0 aliphatic heterocycles. The van der Waals surface area contributed by atoms with Gasteiger partial charge in [-0.15, -0.1) is 0 Å². The van der Waals surface area contributed by atoms with Crippen LogP contribution in [0.15, 0.2) is 0 Å². The van der Waals surface area contributed by atoms with Gasteiger partial charge in [0.25, 0.3) is 0 Å². The second-order valence-corrected chi connectivity index (χ2v) is 2.32. The summed E-state index contributed by atoms with van der Waals surface area (Å²) >= 11 is 0. The molecule has 0 fully saturated rings. The average Bonchev–Trinajstić information content (AvgIpc) is 2.19. The number of halogens is 2. The number of carbonyl (C=O) groups is 2. The number of esters is 2. The number of ether oxygens (including phenoxy) is 2. The SMILES string of the molecule is CCOC(=O)CC.CCOC(=O)CC.[Cl-].[Cl-].[Sn+2]. The molecule has 0 aliphatic rings. The Morgan fingerprint density at radius 1 is 0.765 bits per heavy atom. The van der Waals surface area contributed by atoms with Crippen molar-refractivity contribution in [2.75, 3.05) is 13.2 Å². The molecule has 0 bridgehead atoms. The van der Waals surface area contributed by atoms with Crippen molar-refractivity contribution < 1.29 is 43.9 Å². The molecule has 0 aromatic rings. The van der Waals surface area contributed by atoms with Crippen LogP contribution >= 0.6 is 0 Å². The van der Waals surface area contributed by atoms with Crippen molar-refractivity contribution in [3.63, 3.8) is 0 Å². The van der Waals surface area contributed by atoms with E-state index < -0.39 is 0 Å². The molecule has 2 radical (unpaired) electrons. The Kier molecular flexibility index (Phi) is 45.1. The van der Waals surface area contributed by atoms with E-state index in [-0.39, 0.29) is 60.7 Å².